The van der Waals surface area contributed by atoms with E-state index >= 15 is 0 Å². The molecule has 6 rings (SSSR count). The summed E-state index contributed by atoms with van der Waals surface area (Å²) in [4.78, 5) is 4.69. The lowest BCUT2D eigenvalue weighted by molar-refractivity contribution is 0.484. The Morgan fingerprint density at radius 3 is 2.88 bits per heavy atom. The van der Waals surface area contributed by atoms with Crippen LogP contribution in [0.3, 0.4) is 0 Å². The van der Waals surface area contributed by atoms with Crippen LogP contribution in [0.4, 0.5) is 5.69 Å². The molecule has 4 aromatic rings. The Labute approximate surface area is 187 Å². The van der Waals surface area contributed by atoms with Gasteiger partial charge in [-0.3, -0.25) is 5.10 Å². The number of nitrogens with zero attached hydrogens (tertiary/aromatic N) is 2. The third-order valence-corrected chi connectivity index (χ3v) is 6.28. The minimum absolute atomic E-state index is 0.557. The smallest absolute Gasteiger partial charge is 0.181 e. The topological polar surface area (TPSA) is 74.9 Å². The number of anilines is 1. The lowest BCUT2D eigenvalue weighted by Crippen LogP contribution is -2.14. The predicted octanol–water partition coefficient (Wildman–Crippen LogP) is 4.86. The maximum Gasteiger partial charge on any atom is 0.181 e. The first-order chi connectivity index (χ1) is 15.8. The molecule has 0 radical (unpaired) electrons. The number of ether oxygens (including phenoxy) is 1. The van der Waals surface area contributed by atoms with Crippen LogP contribution < -0.4 is 15.4 Å². The van der Waals surface area contributed by atoms with Crippen LogP contribution in [-0.4, -0.2) is 28.3 Å². The van der Waals surface area contributed by atoms with Gasteiger partial charge >= 0.3 is 0 Å². The molecule has 3 aromatic carbocycles. The Bertz CT molecular complexity index is 1250. The molecule has 0 aliphatic carbocycles. The summed E-state index contributed by atoms with van der Waals surface area (Å²) in [6.07, 6.45) is 1.88. The van der Waals surface area contributed by atoms with Gasteiger partial charge < -0.3 is 15.4 Å². The summed E-state index contributed by atoms with van der Waals surface area (Å²) in [5.74, 6) is 3.74. The van der Waals surface area contributed by atoms with Crippen molar-refractivity contribution in [2.45, 2.75) is 25.3 Å². The van der Waals surface area contributed by atoms with E-state index in [1.165, 1.54) is 16.7 Å². The maximum absolute atomic E-state index is 6.35. The summed E-state index contributed by atoms with van der Waals surface area (Å²) in [5.41, 5.74) is 6.07. The lowest BCUT2D eigenvalue weighted by atomic mass is 9.94. The molecule has 6 nitrogen and oxygen atoms in total. The number of rotatable bonds is 5. The van der Waals surface area contributed by atoms with Crippen LogP contribution in [0.1, 0.15) is 34.9 Å². The Balaban J connectivity index is 1.25. The van der Waals surface area contributed by atoms with Gasteiger partial charge in [-0.2, -0.15) is 5.10 Å². The van der Waals surface area contributed by atoms with Crippen molar-refractivity contribution in [1.82, 2.24) is 20.5 Å². The molecule has 0 amide bonds. The zero-order valence-corrected chi connectivity index (χ0v) is 17.8. The van der Waals surface area contributed by atoms with Crippen molar-refractivity contribution in [3.8, 4) is 22.9 Å². The molecule has 1 atom stereocenters. The number of aromatic nitrogens is 3. The van der Waals surface area contributed by atoms with Gasteiger partial charge in [0.05, 0.1) is 5.69 Å². The molecule has 1 aromatic heterocycles. The molecule has 2 aliphatic rings. The highest BCUT2D eigenvalue weighted by Gasteiger charge is 2.29. The van der Waals surface area contributed by atoms with Crippen molar-refractivity contribution in [1.29, 1.82) is 0 Å². The van der Waals surface area contributed by atoms with E-state index in [4.69, 9.17) is 9.72 Å². The molecule has 3 heterocycles. The van der Waals surface area contributed by atoms with Crippen molar-refractivity contribution in [2.24, 2.45) is 0 Å². The normalized spacial score (nSPS) is 16.8. The van der Waals surface area contributed by atoms with Crippen molar-refractivity contribution in [2.75, 3.05) is 18.4 Å². The third-order valence-electron chi connectivity index (χ3n) is 6.28. The van der Waals surface area contributed by atoms with E-state index < -0.39 is 0 Å². The van der Waals surface area contributed by atoms with E-state index in [0.29, 0.717) is 11.7 Å². The molecule has 1 unspecified atom stereocenters. The highest BCUT2D eigenvalue weighted by molar-refractivity contribution is 5.70. The lowest BCUT2D eigenvalue weighted by Gasteiger charge is -2.14. The maximum atomic E-state index is 6.35. The Morgan fingerprint density at radius 2 is 1.94 bits per heavy atom. The van der Waals surface area contributed by atoms with Crippen molar-refractivity contribution >= 4 is 5.69 Å². The molecule has 0 spiro atoms. The molecule has 0 bridgehead atoms. The monoisotopic (exact) mass is 423 g/mol. The highest BCUT2D eigenvalue weighted by atomic mass is 16.5. The van der Waals surface area contributed by atoms with Crippen molar-refractivity contribution in [3.05, 3.63) is 89.2 Å². The molecule has 0 fully saturated rings. The van der Waals surface area contributed by atoms with Gasteiger partial charge in [0.2, 0.25) is 0 Å². The van der Waals surface area contributed by atoms with Gasteiger partial charge in [-0.25, -0.2) is 4.98 Å². The van der Waals surface area contributed by atoms with Crippen LogP contribution in [0.25, 0.3) is 11.4 Å². The minimum Gasteiger partial charge on any atom is -0.455 e. The van der Waals surface area contributed by atoms with Crippen LogP contribution in [-0.2, 0) is 13.0 Å². The predicted molar refractivity (Wildman–Crippen MR) is 125 cm³/mol. The standard InChI is InChI=1S/C26H25N5O/c1-2-5-17(6-3-1)13-23-29-26(31-30-23)18-7-4-8-21(14-18)32-22-10-9-19-15-27-12-11-20-16-28-25(22)24(19)20/h1-10,14,20,27-28H,11-13,15-16H2,(H,29,30,31). The summed E-state index contributed by atoms with van der Waals surface area (Å²) >= 11 is 0. The zero-order chi connectivity index (χ0) is 21.3. The number of nitrogens with one attached hydrogen (secondary N) is 3. The largest absolute Gasteiger partial charge is 0.455 e. The number of aromatic amines is 1. The van der Waals surface area contributed by atoms with Crippen LogP contribution in [0.5, 0.6) is 11.5 Å². The SMILES string of the molecule is c1ccc(Cc2nc(-c3cccc(Oc4ccc5c6c4NCC6CCNC5)c3)n[nH]2)cc1. The van der Waals surface area contributed by atoms with Crippen LogP contribution in [0.2, 0.25) is 0 Å². The van der Waals surface area contributed by atoms with Gasteiger partial charge in [-0.05, 0) is 47.9 Å². The number of H-pyrrole nitrogens is 1. The van der Waals surface area contributed by atoms with Gasteiger partial charge in [0, 0.05) is 31.0 Å². The quantitative estimate of drug-likeness (QED) is 0.428. The molecule has 6 heteroatoms. The first-order valence-electron chi connectivity index (χ1n) is 11.2. The summed E-state index contributed by atoms with van der Waals surface area (Å²) < 4.78 is 6.35. The Kier molecular flexibility index (Phi) is 4.85. The second-order valence-corrected chi connectivity index (χ2v) is 8.45. The summed E-state index contributed by atoms with van der Waals surface area (Å²) in [6, 6.07) is 22.5. The minimum atomic E-state index is 0.557. The molecule has 32 heavy (non-hydrogen) atoms. The van der Waals surface area contributed by atoms with E-state index in [-0.39, 0.29) is 0 Å². The molecule has 0 saturated carbocycles. The zero-order valence-electron chi connectivity index (χ0n) is 17.8. The van der Waals surface area contributed by atoms with E-state index in [1.54, 1.807) is 0 Å². The van der Waals surface area contributed by atoms with Crippen LogP contribution in [0, 0.1) is 0 Å². The Hall–Kier alpha value is -3.64. The highest BCUT2D eigenvalue weighted by Crippen LogP contribution is 2.44. The fourth-order valence-electron chi connectivity index (χ4n) is 4.72. The molecule has 0 saturated heterocycles. The Morgan fingerprint density at radius 1 is 1.00 bits per heavy atom. The van der Waals surface area contributed by atoms with Crippen LogP contribution in [0.15, 0.2) is 66.7 Å². The molecule has 2 aliphatic heterocycles. The average molecular weight is 424 g/mol. The summed E-state index contributed by atoms with van der Waals surface area (Å²) in [5, 5.41) is 14.6. The van der Waals surface area contributed by atoms with Gasteiger partial charge in [-0.15, -0.1) is 0 Å². The second kappa shape index (κ2) is 8.13. The number of benzene rings is 3. The summed E-state index contributed by atoms with van der Waals surface area (Å²) in [6.45, 7) is 2.96. The van der Waals surface area contributed by atoms with Crippen molar-refractivity contribution < 1.29 is 4.74 Å². The van der Waals surface area contributed by atoms with Crippen LogP contribution >= 0.6 is 0 Å². The first kappa shape index (κ1) is 19.1. The van der Waals surface area contributed by atoms with Gasteiger partial charge in [0.15, 0.2) is 11.6 Å². The molecular weight excluding hydrogens is 398 g/mol. The van der Waals surface area contributed by atoms with E-state index in [1.807, 2.05) is 42.5 Å². The van der Waals surface area contributed by atoms with Gasteiger partial charge in [0.25, 0.3) is 0 Å². The van der Waals surface area contributed by atoms with Crippen molar-refractivity contribution in [3.63, 3.8) is 0 Å². The number of hydrogen-bond acceptors (Lipinski definition) is 5. The van der Waals surface area contributed by atoms with Gasteiger partial charge in [-0.1, -0.05) is 48.5 Å². The second-order valence-electron chi connectivity index (χ2n) is 8.45. The van der Waals surface area contributed by atoms with E-state index in [9.17, 15) is 0 Å². The van der Waals surface area contributed by atoms with Gasteiger partial charge in [0.1, 0.15) is 11.6 Å². The van der Waals surface area contributed by atoms with E-state index in [0.717, 1.165) is 61.1 Å². The molecular formula is C26H25N5O. The fraction of sp³-hybridized carbons (Fsp3) is 0.231. The number of hydrogen-bond donors (Lipinski definition) is 3. The molecule has 3 N–H and O–H groups in total. The first-order valence-corrected chi connectivity index (χ1v) is 11.2. The average Bonchev–Trinajstić information content (AvgIpc) is 3.41. The molecule has 160 valence electrons. The third kappa shape index (κ3) is 3.63. The van der Waals surface area contributed by atoms with E-state index in [2.05, 4.69) is 45.1 Å². The summed E-state index contributed by atoms with van der Waals surface area (Å²) in [7, 11) is 0. The fourth-order valence-corrected chi connectivity index (χ4v) is 4.72.